The second-order valence-electron chi connectivity index (χ2n) is 7.92. The van der Waals surface area contributed by atoms with Gasteiger partial charge in [-0.25, -0.2) is 9.59 Å². The Bertz CT molecular complexity index is 652. The second-order valence-corrected chi connectivity index (χ2v) is 7.92. The average Bonchev–Trinajstić information content (AvgIpc) is 2.84. The van der Waals surface area contributed by atoms with Crippen molar-refractivity contribution in [2.75, 3.05) is 13.7 Å². The summed E-state index contributed by atoms with van der Waals surface area (Å²) in [7, 11) is 1.28. The zero-order valence-electron chi connectivity index (χ0n) is 16.9. The maximum absolute atomic E-state index is 12.7. The fourth-order valence-electron chi connectivity index (χ4n) is 3.01. The molecule has 1 saturated heterocycles. The third kappa shape index (κ3) is 5.43. The van der Waals surface area contributed by atoms with E-state index in [1.54, 1.807) is 34.6 Å². The minimum absolute atomic E-state index is 0.136. The molecule has 27 heavy (non-hydrogen) atoms. The zero-order chi connectivity index (χ0) is 20.2. The number of hydrogen-bond acceptors (Lipinski definition) is 6. The van der Waals surface area contributed by atoms with Crippen molar-refractivity contribution in [1.82, 2.24) is 4.90 Å². The van der Waals surface area contributed by atoms with Crippen LogP contribution in [0.5, 0.6) is 0 Å². The fourth-order valence-corrected chi connectivity index (χ4v) is 3.01. The van der Waals surface area contributed by atoms with Crippen molar-refractivity contribution in [3.8, 4) is 0 Å². The molecule has 1 aromatic rings. The van der Waals surface area contributed by atoms with E-state index in [9.17, 15) is 9.59 Å². The first-order chi connectivity index (χ1) is 12.5. The van der Waals surface area contributed by atoms with Crippen LogP contribution in [0, 0.1) is 0 Å². The van der Waals surface area contributed by atoms with E-state index in [1.165, 1.54) is 12.0 Å². The molecule has 7 heteroatoms. The van der Waals surface area contributed by atoms with Gasteiger partial charge in [-0.1, -0.05) is 30.3 Å². The molecule has 2 rings (SSSR count). The van der Waals surface area contributed by atoms with Gasteiger partial charge in [-0.15, -0.1) is 0 Å². The Labute approximate surface area is 160 Å². The number of amides is 1. The summed E-state index contributed by atoms with van der Waals surface area (Å²) in [6.45, 7) is 9.24. The van der Waals surface area contributed by atoms with Gasteiger partial charge in [0.2, 0.25) is 0 Å². The van der Waals surface area contributed by atoms with Crippen LogP contribution in [0.25, 0.3) is 0 Å². The number of nitrogens with zero attached hydrogens (tertiary/aromatic N) is 1. The molecule has 1 fully saturated rings. The first kappa shape index (κ1) is 21.2. The molecule has 7 nitrogen and oxygen atoms in total. The Morgan fingerprint density at radius 1 is 1.19 bits per heavy atom. The van der Waals surface area contributed by atoms with Crippen molar-refractivity contribution >= 4 is 12.1 Å². The summed E-state index contributed by atoms with van der Waals surface area (Å²) in [4.78, 5) is 26.4. The van der Waals surface area contributed by atoms with Crippen LogP contribution in [-0.4, -0.2) is 54.2 Å². The summed E-state index contributed by atoms with van der Waals surface area (Å²) < 4.78 is 22.1. The van der Waals surface area contributed by atoms with Crippen molar-refractivity contribution in [1.29, 1.82) is 0 Å². The smallest absolute Gasteiger partial charge is 0.413 e. The molecular formula is C20H29NO6. The third-order valence-electron chi connectivity index (χ3n) is 4.08. The molecule has 0 aromatic heterocycles. The molecule has 1 aromatic carbocycles. The van der Waals surface area contributed by atoms with Gasteiger partial charge in [0.15, 0.2) is 6.04 Å². The Morgan fingerprint density at radius 3 is 2.37 bits per heavy atom. The number of hydrogen-bond donors (Lipinski definition) is 0. The van der Waals surface area contributed by atoms with E-state index in [4.69, 9.17) is 18.9 Å². The maximum atomic E-state index is 12.7. The lowest BCUT2D eigenvalue weighted by Crippen LogP contribution is -2.53. The van der Waals surface area contributed by atoms with Gasteiger partial charge in [0.25, 0.3) is 0 Å². The minimum atomic E-state index is -1.04. The molecule has 0 unspecified atom stereocenters. The Morgan fingerprint density at radius 2 is 1.81 bits per heavy atom. The van der Waals surface area contributed by atoms with Crippen LogP contribution in [0.2, 0.25) is 0 Å². The molecule has 0 radical (unpaired) electrons. The van der Waals surface area contributed by atoms with Gasteiger partial charge in [-0.05, 0) is 40.2 Å². The molecule has 150 valence electrons. The van der Waals surface area contributed by atoms with E-state index in [0.717, 1.165) is 5.56 Å². The van der Waals surface area contributed by atoms with Crippen LogP contribution < -0.4 is 0 Å². The highest BCUT2D eigenvalue weighted by Crippen LogP contribution is 2.34. The van der Waals surface area contributed by atoms with E-state index in [-0.39, 0.29) is 6.61 Å². The average molecular weight is 379 g/mol. The number of ether oxygens (including phenoxy) is 4. The molecule has 0 aliphatic carbocycles. The monoisotopic (exact) mass is 379 g/mol. The third-order valence-corrected chi connectivity index (χ3v) is 4.08. The molecule has 0 bridgehead atoms. The van der Waals surface area contributed by atoms with Gasteiger partial charge in [0.05, 0.1) is 20.3 Å². The zero-order valence-corrected chi connectivity index (χ0v) is 16.9. The number of carbonyl (C=O) groups is 2. The van der Waals surface area contributed by atoms with Crippen LogP contribution in [-0.2, 0) is 30.3 Å². The van der Waals surface area contributed by atoms with Gasteiger partial charge in [-0.3, -0.25) is 4.90 Å². The van der Waals surface area contributed by atoms with Crippen LogP contribution in [0.1, 0.15) is 40.2 Å². The Kier molecular flexibility index (Phi) is 6.49. The highest BCUT2D eigenvalue weighted by Gasteiger charge is 2.55. The summed E-state index contributed by atoms with van der Waals surface area (Å²) in [5.41, 5.74) is -0.731. The summed E-state index contributed by atoms with van der Waals surface area (Å²) in [6.07, 6.45) is -1.29. The number of rotatable bonds is 5. The summed E-state index contributed by atoms with van der Waals surface area (Å²) in [5.74, 6) is -0.570. The van der Waals surface area contributed by atoms with Gasteiger partial charge >= 0.3 is 12.1 Å². The summed E-state index contributed by atoms with van der Waals surface area (Å²) >= 11 is 0. The lowest BCUT2D eigenvalue weighted by atomic mass is 10.1. The number of methoxy groups -OCH3 is 1. The van der Waals surface area contributed by atoms with Crippen molar-refractivity contribution in [3.63, 3.8) is 0 Å². The van der Waals surface area contributed by atoms with Gasteiger partial charge in [0.1, 0.15) is 17.4 Å². The molecule has 2 atom stereocenters. The van der Waals surface area contributed by atoms with E-state index < -0.39 is 35.5 Å². The van der Waals surface area contributed by atoms with Gasteiger partial charge < -0.3 is 18.9 Å². The number of benzene rings is 1. The van der Waals surface area contributed by atoms with E-state index in [0.29, 0.717) is 6.61 Å². The lowest BCUT2D eigenvalue weighted by molar-refractivity contribution is -0.147. The largest absolute Gasteiger partial charge is 0.467 e. The molecule has 0 spiro atoms. The van der Waals surface area contributed by atoms with Crippen LogP contribution in [0.15, 0.2) is 30.3 Å². The molecule has 1 aliphatic heterocycles. The molecule has 0 N–H and O–H groups in total. The molecule has 1 aliphatic rings. The van der Waals surface area contributed by atoms with Crippen molar-refractivity contribution in [3.05, 3.63) is 35.9 Å². The summed E-state index contributed by atoms with van der Waals surface area (Å²) in [5, 5.41) is 0. The Balaban J connectivity index is 2.14. The van der Waals surface area contributed by atoms with Gasteiger partial charge in [0, 0.05) is 0 Å². The van der Waals surface area contributed by atoms with E-state index >= 15 is 0 Å². The van der Waals surface area contributed by atoms with Crippen LogP contribution in [0.3, 0.4) is 0 Å². The number of esters is 1. The normalized spacial score (nSPS) is 21.8. The topological polar surface area (TPSA) is 74.3 Å². The van der Waals surface area contributed by atoms with E-state index in [2.05, 4.69) is 0 Å². The fraction of sp³-hybridized carbons (Fsp3) is 0.600. The SMILES string of the molecule is COC(=O)[C@H]1[C@@H](COCc2ccccc2)OC(C)(C)N1C(=O)OC(C)(C)C. The van der Waals surface area contributed by atoms with Crippen molar-refractivity contribution in [2.45, 2.75) is 64.7 Å². The van der Waals surface area contributed by atoms with Crippen LogP contribution >= 0.6 is 0 Å². The maximum Gasteiger partial charge on any atom is 0.413 e. The molecule has 1 amide bonds. The van der Waals surface area contributed by atoms with Crippen molar-refractivity contribution < 1.29 is 28.5 Å². The highest BCUT2D eigenvalue weighted by atomic mass is 16.6. The first-order valence-corrected chi connectivity index (χ1v) is 8.95. The predicted molar refractivity (Wildman–Crippen MR) is 98.9 cm³/mol. The molecule has 1 heterocycles. The molecule has 0 saturated carbocycles. The standard InChI is InChI=1S/C20H29NO6/c1-19(2,3)27-18(23)21-16(17(22)24-6)15(26-20(21,4)5)13-25-12-14-10-8-7-9-11-14/h7-11,15-16H,12-13H2,1-6H3/t15-,16-/m1/s1. The number of carbonyl (C=O) groups excluding carboxylic acids is 2. The predicted octanol–water partition coefficient (Wildman–Crippen LogP) is 3.12. The van der Waals surface area contributed by atoms with Crippen molar-refractivity contribution in [2.24, 2.45) is 0 Å². The lowest BCUT2D eigenvalue weighted by Gasteiger charge is -2.34. The second kappa shape index (κ2) is 8.27. The minimum Gasteiger partial charge on any atom is -0.467 e. The highest BCUT2D eigenvalue weighted by molar-refractivity contribution is 5.83. The Hall–Kier alpha value is -2.12. The van der Waals surface area contributed by atoms with E-state index in [1.807, 2.05) is 30.3 Å². The summed E-state index contributed by atoms with van der Waals surface area (Å²) in [6, 6.07) is 8.73. The molecular weight excluding hydrogens is 350 g/mol. The van der Waals surface area contributed by atoms with Gasteiger partial charge in [-0.2, -0.15) is 0 Å². The van der Waals surface area contributed by atoms with Crippen LogP contribution in [0.4, 0.5) is 4.79 Å². The first-order valence-electron chi connectivity index (χ1n) is 8.95. The quantitative estimate of drug-likeness (QED) is 0.732.